The zero-order valence-electron chi connectivity index (χ0n) is 22.2. The summed E-state index contributed by atoms with van der Waals surface area (Å²) in [5.41, 5.74) is 2.06. The molecule has 0 amide bonds. The summed E-state index contributed by atoms with van der Waals surface area (Å²) in [6.07, 6.45) is 0. The summed E-state index contributed by atoms with van der Waals surface area (Å²) in [5.74, 6) is -1.60. The lowest BCUT2D eigenvalue weighted by atomic mass is 9.85. The van der Waals surface area contributed by atoms with Crippen LogP contribution >= 0.6 is 31.9 Å². The van der Waals surface area contributed by atoms with E-state index in [0.717, 1.165) is 11.1 Å². The molecule has 2 unspecified atom stereocenters. The fraction of sp³-hybridized carbons (Fsp3) is 0.194. The van der Waals surface area contributed by atoms with Gasteiger partial charge in [-0.05, 0) is 34.4 Å². The van der Waals surface area contributed by atoms with Crippen LogP contribution in [-0.2, 0) is 18.0 Å². The number of nitro groups is 2. The number of Topliss-reactive ketones (excluding diaryl/α,β-unsaturated/α-hetero) is 1. The minimum atomic E-state index is -0.762. The van der Waals surface area contributed by atoms with Crippen molar-refractivity contribution in [1.82, 2.24) is 0 Å². The Kier molecular flexibility index (Phi) is 10.8. The van der Waals surface area contributed by atoms with Gasteiger partial charge in [0.05, 0.1) is 21.7 Å². The second kappa shape index (κ2) is 14.7. The first-order valence-electron chi connectivity index (χ1n) is 12.9. The van der Waals surface area contributed by atoms with E-state index in [1.807, 2.05) is 60.7 Å². The number of hydrogen-bond donors (Lipinski definition) is 0. The minimum Gasteiger partial charge on any atom is -0.482 e. The van der Waals surface area contributed by atoms with Gasteiger partial charge in [-0.1, -0.05) is 105 Å². The van der Waals surface area contributed by atoms with Gasteiger partial charge in [0.15, 0.2) is 11.5 Å². The molecule has 0 heterocycles. The van der Waals surface area contributed by atoms with Crippen molar-refractivity contribution in [1.29, 1.82) is 0 Å². The first-order chi connectivity index (χ1) is 20.3. The second-order valence-corrected chi connectivity index (χ2v) is 10.6. The van der Waals surface area contributed by atoms with Crippen molar-refractivity contribution in [2.75, 3.05) is 10.7 Å². The molecule has 11 heteroatoms. The monoisotopic (exact) mass is 696 g/mol. The average Bonchev–Trinajstić information content (AvgIpc) is 3.01. The van der Waals surface area contributed by atoms with Crippen LogP contribution in [0.2, 0.25) is 0 Å². The average molecular weight is 698 g/mol. The Morgan fingerprint density at radius 2 is 1.02 bits per heavy atom. The molecule has 2 atom stereocenters. The molecule has 0 saturated heterocycles. The highest BCUT2D eigenvalue weighted by Gasteiger charge is 2.31. The molecule has 0 aliphatic carbocycles. The largest absolute Gasteiger partial charge is 0.482 e. The fourth-order valence-electron chi connectivity index (χ4n) is 4.40. The maximum absolute atomic E-state index is 13.8. The topological polar surface area (TPSA) is 122 Å². The molecular weight excluding hydrogens is 672 g/mol. The minimum absolute atomic E-state index is 0.0899. The second-order valence-electron chi connectivity index (χ2n) is 9.33. The third-order valence-electron chi connectivity index (χ3n) is 6.63. The van der Waals surface area contributed by atoms with Crippen molar-refractivity contribution in [3.05, 3.63) is 140 Å². The van der Waals surface area contributed by atoms with Crippen LogP contribution in [0.3, 0.4) is 0 Å². The van der Waals surface area contributed by atoms with Gasteiger partial charge in [-0.3, -0.25) is 25.0 Å². The van der Waals surface area contributed by atoms with E-state index in [2.05, 4.69) is 31.9 Å². The molecule has 216 valence electrons. The lowest BCUT2D eigenvalue weighted by Crippen LogP contribution is -2.23. The van der Waals surface area contributed by atoms with Gasteiger partial charge in [-0.2, -0.15) is 0 Å². The number of hydrogen-bond acceptors (Lipinski definition) is 7. The molecule has 0 aliphatic heterocycles. The molecule has 0 saturated carbocycles. The zero-order chi connectivity index (χ0) is 30.1. The number of halogens is 2. The van der Waals surface area contributed by atoms with E-state index < -0.39 is 21.7 Å². The summed E-state index contributed by atoms with van der Waals surface area (Å²) in [6.45, 7) is 0.300. The van der Waals surface area contributed by atoms with Crippen LogP contribution in [0.5, 0.6) is 11.5 Å². The van der Waals surface area contributed by atoms with Gasteiger partial charge in [-0.15, -0.1) is 0 Å². The normalized spacial score (nSPS) is 12.2. The van der Waals surface area contributed by atoms with Gasteiger partial charge in [0, 0.05) is 22.8 Å². The molecule has 0 fully saturated rings. The Balaban J connectivity index is 1.57. The summed E-state index contributed by atoms with van der Waals surface area (Å²) < 4.78 is 11.4. The molecule has 4 aromatic rings. The van der Waals surface area contributed by atoms with Crippen LogP contribution in [0, 0.1) is 20.2 Å². The number of alkyl halides is 2. The first kappa shape index (κ1) is 30.9. The molecule has 0 N–H and O–H groups in total. The van der Waals surface area contributed by atoms with Crippen LogP contribution in [0.15, 0.2) is 97.1 Å². The third-order valence-corrected chi connectivity index (χ3v) is 7.93. The molecule has 9 nitrogen and oxygen atoms in total. The smallest absolute Gasteiger partial charge is 0.311 e. The Labute approximate surface area is 259 Å². The van der Waals surface area contributed by atoms with Crippen LogP contribution < -0.4 is 9.47 Å². The van der Waals surface area contributed by atoms with Crippen molar-refractivity contribution in [2.45, 2.75) is 25.0 Å². The number of carbonyl (C=O) groups is 1. The van der Waals surface area contributed by atoms with E-state index in [-0.39, 0.29) is 52.5 Å². The number of ether oxygens (including phenoxy) is 2. The van der Waals surface area contributed by atoms with Crippen molar-refractivity contribution in [2.24, 2.45) is 0 Å². The highest BCUT2D eigenvalue weighted by atomic mass is 79.9. The Hall–Kier alpha value is -4.09. The van der Waals surface area contributed by atoms with E-state index in [9.17, 15) is 25.0 Å². The SMILES string of the molecule is O=C(C(CBr)c1ccc(OCc2ccccc2)c([N+](=O)[O-])c1)C(CBr)c1ccc(OCc2ccccc2)c([N+](=O)[O-])c1. The highest BCUT2D eigenvalue weighted by molar-refractivity contribution is 9.09. The van der Waals surface area contributed by atoms with Gasteiger partial charge in [0.2, 0.25) is 0 Å². The van der Waals surface area contributed by atoms with Crippen molar-refractivity contribution in [3.63, 3.8) is 0 Å². The molecule has 0 spiro atoms. The van der Waals surface area contributed by atoms with Crippen molar-refractivity contribution in [3.8, 4) is 11.5 Å². The Bertz CT molecular complexity index is 1440. The van der Waals surface area contributed by atoms with Gasteiger partial charge in [0.1, 0.15) is 19.0 Å². The number of nitro benzene ring substituents is 2. The van der Waals surface area contributed by atoms with E-state index in [1.165, 1.54) is 24.3 Å². The first-order valence-corrected chi connectivity index (χ1v) is 15.1. The number of ketones is 1. The summed E-state index contributed by atoms with van der Waals surface area (Å²) >= 11 is 6.78. The maximum Gasteiger partial charge on any atom is 0.311 e. The predicted molar refractivity (Wildman–Crippen MR) is 166 cm³/mol. The van der Waals surface area contributed by atoms with E-state index in [0.29, 0.717) is 11.1 Å². The molecule has 42 heavy (non-hydrogen) atoms. The van der Waals surface area contributed by atoms with Crippen LogP contribution in [0.25, 0.3) is 0 Å². The van der Waals surface area contributed by atoms with Gasteiger partial charge in [-0.25, -0.2) is 0 Å². The number of nitrogens with zero attached hydrogens (tertiary/aromatic N) is 2. The quantitative estimate of drug-likeness (QED) is 0.0746. The molecule has 0 radical (unpaired) electrons. The van der Waals surface area contributed by atoms with E-state index in [4.69, 9.17) is 9.47 Å². The molecule has 0 bridgehead atoms. The number of benzene rings is 4. The Morgan fingerprint density at radius 3 is 1.36 bits per heavy atom. The van der Waals surface area contributed by atoms with Crippen LogP contribution in [0.4, 0.5) is 11.4 Å². The van der Waals surface area contributed by atoms with Gasteiger partial charge >= 0.3 is 11.4 Å². The molecule has 4 aromatic carbocycles. The predicted octanol–water partition coefficient (Wildman–Crippen LogP) is 7.89. The van der Waals surface area contributed by atoms with Gasteiger partial charge in [0.25, 0.3) is 0 Å². The number of rotatable bonds is 14. The molecule has 0 aliphatic rings. The number of carbonyl (C=O) groups excluding carboxylic acids is 1. The van der Waals surface area contributed by atoms with Crippen molar-refractivity contribution < 1.29 is 24.1 Å². The van der Waals surface area contributed by atoms with E-state index >= 15 is 0 Å². The fourth-order valence-corrected chi connectivity index (χ4v) is 5.79. The lowest BCUT2D eigenvalue weighted by Gasteiger charge is -2.21. The summed E-state index contributed by atoms with van der Waals surface area (Å²) in [4.78, 5) is 36.5. The maximum atomic E-state index is 13.8. The van der Waals surface area contributed by atoms with E-state index in [1.54, 1.807) is 12.1 Å². The van der Waals surface area contributed by atoms with Crippen molar-refractivity contribution >= 4 is 49.0 Å². The van der Waals surface area contributed by atoms with Crippen LogP contribution in [-0.4, -0.2) is 26.3 Å². The molecule has 0 aromatic heterocycles. The lowest BCUT2D eigenvalue weighted by molar-refractivity contribution is -0.386. The summed E-state index contributed by atoms with van der Waals surface area (Å²) in [7, 11) is 0. The Morgan fingerprint density at radius 1 is 0.643 bits per heavy atom. The highest BCUT2D eigenvalue weighted by Crippen LogP contribution is 2.37. The standard InChI is InChI=1S/C31H26Br2N2O7/c32-17-25(23-11-13-29(27(15-23)34(37)38)41-19-21-7-3-1-4-8-21)31(36)26(18-33)24-12-14-30(28(16-24)35(39)40)42-20-22-9-5-2-6-10-22/h1-16,25-26H,17-20H2. The molecular formula is C31H26Br2N2O7. The zero-order valence-corrected chi connectivity index (χ0v) is 25.4. The summed E-state index contributed by atoms with van der Waals surface area (Å²) in [5, 5.41) is 24.2. The van der Waals surface area contributed by atoms with Gasteiger partial charge < -0.3 is 9.47 Å². The third kappa shape index (κ3) is 7.59. The molecule has 4 rings (SSSR count). The van der Waals surface area contributed by atoms with Crippen LogP contribution in [0.1, 0.15) is 34.1 Å². The summed E-state index contributed by atoms with van der Waals surface area (Å²) in [6, 6.07) is 27.5.